The molecule has 2 aromatic rings. The molecule has 0 heterocycles. The van der Waals surface area contributed by atoms with Crippen molar-refractivity contribution in [2.24, 2.45) is 0 Å². The van der Waals surface area contributed by atoms with Crippen molar-refractivity contribution in [1.29, 1.82) is 0 Å². The van der Waals surface area contributed by atoms with Crippen molar-refractivity contribution in [3.05, 3.63) is 80.9 Å². The lowest BCUT2D eigenvalue weighted by Gasteiger charge is -2.22. The standard InChI is InChI=1S/C28H32O4/c1-13(2)23-19(9)17(7)15(5)11-21(23)25(27(29)30)26(28(31)32)22-12-16(6)18(8)20(10)24(22)14(3)4/h11-12H,1,3H2,2,4-10H3,(H,29,30)(H,31,32)/b26-25+. The number of carboxylic acid groups (broad SMARTS) is 2. The number of carbonyl (C=O) groups is 2. The third-order valence-corrected chi connectivity index (χ3v) is 6.39. The highest BCUT2D eigenvalue weighted by atomic mass is 16.4. The molecule has 0 radical (unpaired) electrons. The molecule has 0 aliphatic rings. The van der Waals surface area contributed by atoms with Crippen molar-refractivity contribution in [2.75, 3.05) is 0 Å². The Hall–Kier alpha value is -3.40. The fraction of sp³-hybridized carbons (Fsp3) is 0.286. The Morgan fingerprint density at radius 2 is 0.906 bits per heavy atom. The molecule has 2 rings (SSSR count). The molecule has 0 spiro atoms. The average Bonchev–Trinajstić information content (AvgIpc) is 2.66. The number of carboxylic acids is 2. The molecular formula is C28H32O4. The molecule has 4 heteroatoms. The van der Waals surface area contributed by atoms with E-state index in [1.54, 1.807) is 26.0 Å². The number of aliphatic carboxylic acids is 2. The highest BCUT2D eigenvalue weighted by Crippen LogP contribution is 2.39. The summed E-state index contributed by atoms with van der Waals surface area (Å²) >= 11 is 0. The van der Waals surface area contributed by atoms with Crippen LogP contribution in [-0.2, 0) is 9.59 Å². The first-order chi connectivity index (χ1) is 14.7. The van der Waals surface area contributed by atoms with Crippen molar-refractivity contribution >= 4 is 34.2 Å². The molecule has 0 amide bonds. The number of allylic oxidation sites excluding steroid dienone is 2. The third-order valence-electron chi connectivity index (χ3n) is 6.39. The van der Waals surface area contributed by atoms with Gasteiger partial charge in [0.1, 0.15) is 0 Å². The molecule has 2 aromatic carbocycles. The van der Waals surface area contributed by atoms with Crippen molar-refractivity contribution in [1.82, 2.24) is 0 Å². The molecule has 0 atom stereocenters. The minimum absolute atomic E-state index is 0.244. The predicted octanol–water partition coefficient (Wildman–Crippen LogP) is 6.68. The summed E-state index contributed by atoms with van der Waals surface area (Å²) in [7, 11) is 0. The van der Waals surface area contributed by atoms with E-state index in [0.29, 0.717) is 33.4 Å². The van der Waals surface area contributed by atoms with E-state index in [1.165, 1.54) is 0 Å². The van der Waals surface area contributed by atoms with Gasteiger partial charge in [-0.05, 0) is 111 Å². The second kappa shape index (κ2) is 8.99. The van der Waals surface area contributed by atoms with Gasteiger partial charge in [0.15, 0.2) is 0 Å². The van der Waals surface area contributed by atoms with Crippen LogP contribution in [0.1, 0.15) is 69.5 Å². The van der Waals surface area contributed by atoms with Gasteiger partial charge >= 0.3 is 11.9 Å². The summed E-state index contributed by atoms with van der Waals surface area (Å²) in [5.41, 5.74) is 8.57. The van der Waals surface area contributed by atoms with Gasteiger partial charge < -0.3 is 10.2 Å². The van der Waals surface area contributed by atoms with Crippen LogP contribution >= 0.6 is 0 Å². The Bertz CT molecular complexity index is 1130. The number of hydrogen-bond donors (Lipinski definition) is 2. The number of rotatable bonds is 6. The maximum atomic E-state index is 12.6. The minimum Gasteiger partial charge on any atom is -0.478 e. The lowest BCUT2D eigenvalue weighted by molar-refractivity contribution is -0.132. The van der Waals surface area contributed by atoms with Gasteiger partial charge in [0.25, 0.3) is 0 Å². The van der Waals surface area contributed by atoms with Gasteiger partial charge in [0.2, 0.25) is 0 Å². The van der Waals surface area contributed by atoms with Gasteiger partial charge in [-0.25, -0.2) is 9.59 Å². The Morgan fingerprint density at radius 3 is 1.12 bits per heavy atom. The SMILES string of the molecule is C=C(C)c1c(/C(C(=O)O)=C(\C(=O)O)c2cc(C)c(C)c(C)c2C(=C)C)cc(C)c(C)c1C. The maximum absolute atomic E-state index is 12.6. The maximum Gasteiger partial charge on any atom is 0.337 e. The Balaban J connectivity index is 3.24. The van der Waals surface area contributed by atoms with E-state index >= 15 is 0 Å². The molecule has 0 aromatic heterocycles. The highest BCUT2D eigenvalue weighted by molar-refractivity contribution is 6.37. The smallest absolute Gasteiger partial charge is 0.337 e. The Kier molecular flexibility index (Phi) is 6.99. The van der Waals surface area contributed by atoms with Gasteiger partial charge in [-0.3, -0.25) is 0 Å². The van der Waals surface area contributed by atoms with Crippen LogP contribution in [0.5, 0.6) is 0 Å². The van der Waals surface area contributed by atoms with Crippen LogP contribution in [-0.4, -0.2) is 22.2 Å². The fourth-order valence-corrected chi connectivity index (χ4v) is 4.37. The predicted molar refractivity (Wildman–Crippen MR) is 133 cm³/mol. The number of benzene rings is 2. The van der Waals surface area contributed by atoms with Crippen molar-refractivity contribution in [3.63, 3.8) is 0 Å². The molecule has 2 N–H and O–H groups in total. The number of aryl methyl sites for hydroxylation is 2. The monoisotopic (exact) mass is 432 g/mol. The van der Waals surface area contributed by atoms with E-state index in [0.717, 1.165) is 33.4 Å². The zero-order valence-electron chi connectivity index (χ0n) is 20.3. The molecule has 0 bridgehead atoms. The second-order valence-electron chi connectivity index (χ2n) is 8.65. The largest absolute Gasteiger partial charge is 0.478 e. The first-order valence-electron chi connectivity index (χ1n) is 10.5. The summed E-state index contributed by atoms with van der Waals surface area (Å²) in [6.45, 7) is 23.3. The molecule has 0 unspecified atom stereocenters. The van der Waals surface area contributed by atoms with E-state index in [2.05, 4.69) is 13.2 Å². The van der Waals surface area contributed by atoms with Crippen molar-refractivity contribution in [3.8, 4) is 0 Å². The van der Waals surface area contributed by atoms with Crippen LogP contribution in [0.2, 0.25) is 0 Å². The van der Waals surface area contributed by atoms with E-state index in [4.69, 9.17) is 0 Å². The topological polar surface area (TPSA) is 74.6 Å². The molecule has 4 nitrogen and oxygen atoms in total. The zero-order chi connectivity index (χ0) is 24.7. The molecule has 0 aliphatic carbocycles. The Morgan fingerprint density at radius 1 is 0.625 bits per heavy atom. The molecule has 0 saturated heterocycles. The summed E-state index contributed by atoms with van der Waals surface area (Å²) in [5.74, 6) is -2.59. The number of hydrogen-bond acceptors (Lipinski definition) is 2. The van der Waals surface area contributed by atoms with E-state index in [1.807, 2.05) is 41.5 Å². The molecule has 32 heavy (non-hydrogen) atoms. The summed E-state index contributed by atoms with van der Waals surface area (Å²) in [6, 6.07) is 3.51. The molecule has 0 aliphatic heterocycles. The van der Waals surface area contributed by atoms with Crippen LogP contribution in [0.3, 0.4) is 0 Å². The molecule has 0 saturated carbocycles. The van der Waals surface area contributed by atoms with Gasteiger partial charge in [0.05, 0.1) is 11.1 Å². The lowest BCUT2D eigenvalue weighted by Crippen LogP contribution is -2.14. The van der Waals surface area contributed by atoms with Gasteiger partial charge in [-0.2, -0.15) is 0 Å². The van der Waals surface area contributed by atoms with Gasteiger partial charge in [-0.15, -0.1) is 0 Å². The third kappa shape index (κ3) is 4.18. The Labute approximate surface area is 190 Å². The molecule has 168 valence electrons. The van der Waals surface area contributed by atoms with Crippen LogP contribution in [0.15, 0.2) is 25.3 Å². The second-order valence-corrected chi connectivity index (χ2v) is 8.65. The van der Waals surface area contributed by atoms with Crippen molar-refractivity contribution in [2.45, 2.75) is 55.4 Å². The zero-order valence-corrected chi connectivity index (χ0v) is 20.3. The van der Waals surface area contributed by atoms with Crippen molar-refractivity contribution < 1.29 is 19.8 Å². The van der Waals surface area contributed by atoms with Crippen LogP contribution in [0.25, 0.3) is 22.3 Å². The lowest BCUT2D eigenvalue weighted by atomic mass is 9.81. The van der Waals surface area contributed by atoms with Gasteiger partial charge in [0, 0.05) is 0 Å². The van der Waals surface area contributed by atoms with Gasteiger partial charge in [-0.1, -0.05) is 36.4 Å². The normalized spacial score (nSPS) is 11.8. The van der Waals surface area contributed by atoms with E-state index in [-0.39, 0.29) is 11.1 Å². The highest BCUT2D eigenvalue weighted by Gasteiger charge is 2.29. The van der Waals surface area contributed by atoms with Crippen LogP contribution in [0.4, 0.5) is 0 Å². The summed E-state index contributed by atoms with van der Waals surface area (Å²) in [5, 5.41) is 20.6. The minimum atomic E-state index is -1.30. The first-order valence-corrected chi connectivity index (χ1v) is 10.5. The van der Waals surface area contributed by atoms with E-state index in [9.17, 15) is 19.8 Å². The van der Waals surface area contributed by atoms with Crippen LogP contribution < -0.4 is 0 Å². The fourth-order valence-electron chi connectivity index (χ4n) is 4.37. The quantitative estimate of drug-likeness (QED) is 0.394. The summed E-state index contributed by atoms with van der Waals surface area (Å²) < 4.78 is 0. The summed E-state index contributed by atoms with van der Waals surface area (Å²) in [4.78, 5) is 25.3. The van der Waals surface area contributed by atoms with Crippen LogP contribution in [0, 0.1) is 41.5 Å². The first kappa shape index (κ1) is 24.9. The summed E-state index contributed by atoms with van der Waals surface area (Å²) in [6.07, 6.45) is 0. The van der Waals surface area contributed by atoms with E-state index < -0.39 is 11.9 Å². The average molecular weight is 433 g/mol. The molecule has 0 fully saturated rings. The molecular weight excluding hydrogens is 400 g/mol.